The first-order valence-corrected chi connectivity index (χ1v) is 7.48. The third-order valence-electron chi connectivity index (χ3n) is 3.07. The van der Waals surface area contributed by atoms with E-state index in [1.165, 1.54) is 24.4 Å². The lowest BCUT2D eigenvalue weighted by atomic mass is 10.1. The highest BCUT2D eigenvalue weighted by atomic mass is 16.6. The number of ether oxygens (including phenoxy) is 1. The van der Waals surface area contributed by atoms with Crippen molar-refractivity contribution in [3.63, 3.8) is 0 Å². The van der Waals surface area contributed by atoms with Crippen LogP contribution in [0.4, 0.5) is 5.69 Å². The first kappa shape index (κ1) is 17.9. The molecule has 0 saturated heterocycles. The third-order valence-corrected chi connectivity index (χ3v) is 3.07. The van der Waals surface area contributed by atoms with Gasteiger partial charge in [0.1, 0.15) is 0 Å². The first-order chi connectivity index (χ1) is 12.1. The molecule has 0 spiro atoms. The summed E-state index contributed by atoms with van der Waals surface area (Å²) in [5, 5.41) is 14.7. The van der Waals surface area contributed by atoms with Gasteiger partial charge >= 0.3 is 5.69 Å². The topological polar surface area (TPSA) is 93.8 Å². The van der Waals surface area contributed by atoms with Crippen LogP contribution in [0.25, 0.3) is 6.08 Å². The van der Waals surface area contributed by atoms with Crippen molar-refractivity contribution in [2.45, 2.75) is 6.92 Å². The number of hydrogen-bond acceptors (Lipinski definition) is 5. The molecule has 2 aromatic carbocycles. The van der Waals surface area contributed by atoms with Gasteiger partial charge in [-0.25, -0.2) is 5.43 Å². The van der Waals surface area contributed by atoms with Gasteiger partial charge in [0.25, 0.3) is 5.91 Å². The average Bonchev–Trinajstić information content (AvgIpc) is 2.61. The number of amides is 1. The zero-order chi connectivity index (χ0) is 18.1. The molecule has 7 nitrogen and oxygen atoms in total. The van der Waals surface area contributed by atoms with Crippen LogP contribution in [0.2, 0.25) is 0 Å². The summed E-state index contributed by atoms with van der Waals surface area (Å²) in [5.74, 6) is -0.478. The molecule has 128 valence electrons. The number of benzene rings is 2. The molecule has 0 saturated carbocycles. The summed E-state index contributed by atoms with van der Waals surface area (Å²) in [6.07, 6.45) is 3.43. The minimum atomic E-state index is -0.566. The summed E-state index contributed by atoms with van der Waals surface area (Å²) in [6.45, 7) is 1.48. The highest BCUT2D eigenvalue weighted by molar-refractivity contribution is 5.86. The van der Waals surface area contributed by atoms with Crippen molar-refractivity contribution < 1.29 is 14.5 Å². The standard InChI is InChI=1S/C18H17N3O4/c1-14(11-15-7-3-2-4-8-15)12-19-20-18(22)13-25-17-10-6-5-9-16(17)21(23)24/h2-12H,13H2,1H3,(H,20,22)/b14-11-,19-12+. The van der Waals surface area contributed by atoms with E-state index in [1.54, 1.807) is 6.07 Å². The number of carbonyl (C=O) groups excluding carboxylic acids is 1. The van der Waals surface area contributed by atoms with Crippen molar-refractivity contribution in [3.05, 3.63) is 75.8 Å². The minimum Gasteiger partial charge on any atom is -0.477 e. The predicted octanol–water partition coefficient (Wildman–Crippen LogP) is 3.18. The Hall–Kier alpha value is -3.48. The second-order valence-corrected chi connectivity index (χ2v) is 5.11. The monoisotopic (exact) mass is 339 g/mol. The minimum absolute atomic E-state index is 0.0341. The fraction of sp³-hybridized carbons (Fsp3) is 0.111. The molecule has 1 amide bonds. The molecule has 1 N–H and O–H groups in total. The van der Waals surface area contributed by atoms with Gasteiger partial charge in [-0.15, -0.1) is 0 Å². The number of allylic oxidation sites excluding steroid dienone is 1. The molecular formula is C18H17N3O4. The number of nitrogens with zero attached hydrogens (tertiary/aromatic N) is 2. The van der Waals surface area contributed by atoms with Gasteiger partial charge in [-0.05, 0) is 24.1 Å². The smallest absolute Gasteiger partial charge is 0.310 e. The summed E-state index contributed by atoms with van der Waals surface area (Å²) in [5.41, 5.74) is 4.00. The number of para-hydroxylation sites is 2. The van der Waals surface area contributed by atoms with Crippen LogP contribution in [0.15, 0.2) is 65.3 Å². The summed E-state index contributed by atoms with van der Waals surface area (Å²) < 4.78 is 5.17. The number of nitrogens with one attached hydrogen (secondary N) is 1. The average molecular weight is 339 g/mol. The Morgan fingerprint density at radius 3 is 2.60 bits per heavy atom. The second kappa shape index (κ2) is 8.97. The highest BCUT2D eigenvalue weighted by Gasteiger charge is 2.14. The van der Waals surface area contributed by atoms with Crippen molar-refractivity contribution in [3.8, 4) is 5.75 Å². The number of nitro benzene ring substituents is 1. The Balaban J connectivity index is 1.85. The van der Waals surface area contributed by atoms with Crippen molar-refractivity contribution in [2.75, 3.05) is 6.61 Å². The fourth-order valence-corrected chi connectivity index (χ4v) is 1.96. The van der Waals surface area contributed by atoms with E-state index in [4.69, 9.17) is 4.74 Å². The van der Waals surface area contributed by atoms with Gasteiger partial charge in [0.2, 0.25) is 0 Å². The lowest BCUT2D eigenvalue weighted by Gasteiger charge is -2.05. The number of nitro groups is 1. The Labute approximate surface area is 144 Å². The third kappa shape index (κ3) is 5.91. The van der Waals surface area contributed by atoms with Crippen molar-refractivity contribution >= 4 is 23.9 Å². The molecule has 0 aliphatic rings. The number of carbonyl (C=O) groups is 1. The molecule has 0 unspecified atom stereocenters. The molecule has 0 aromatic heterocycles. The predicted molar refractivity (Wildman–Crippen MR) is 95.3 cm³/mol. The summed E-state index contributed by atoms with van der Waals surface area (Å²) in [6, 6.07) is 15.6. The van der Waals surface area contributed by atoms with Crippen LogP contribution in [-0.2, 0) is 4.79 Å². The van der Waals surface area contributed by atoms with E-state index < -0.39 is 10.8 Å². The lowest BCUT2D eigenvalue weighted by molar-refractivity contribution is -0.385. The van der Waals surface area contributed by atoms with Gasteiger partial charge in [-0.2, -0.15) is 5.10 Å². The fourth-order valence-electron chi connectivity index (χ4n) is 1.96. The maximum atomic E-state index is 11.7. The Morgan fingerprint density at radius 1 is 1.20 bits per heavy atom. The largest absolute Gasteiger partial charge is 0.477 e. The van der Waals surface area contributed by atoms with Crippen molar-refractivity contribution in [1.82, 2.24) is 5.43 Å². The molecule has 7 heteroatoms. The van der Waals surface area contributed by atoms with Crippen molar-refractivity contribution in [2.24, 2.45) is 5.10 Å². The number of rotatable bonds is 7. The van der Waals surface area contributed by atoms with Crippen LogP contribution in [-0.4, -0.2) is 23.7 Å². The SMILES string of the molecule is CC(=C/c1ccccc1)/C=N/NC(=O)COc1ccccc1[N+](=O)[O-]. The van der Waals surface area contributed by atoms with Gasteiger partial charge in [0.05, 0.1) is 11.1 Å². The summed E-state index contributed by atoms with van der Waals surface area (Å²) in [7, 11) is 0. The molecule has 2 aromatic rings. The van der Waals surface area contributed by atoms with Crippen LogP contribution < -0.4 is 10.2 Å². The zero-order valence-electron chi connectivity index (χ0n) is 13.6. The Bertz CT molecular complexity index is 801. The number of hydrazone groups is 1. The van der Waals surface area contributed by atoms with E-state index in [2.05, 4.69) is 10.5 Å². The van der Waals surface area contributed by atoms with Crippen LogP contribution in [0.5, 0.6) is 5.75 Å². The van der Waals surface area contributed by atoms with E-state index >= 15 is 0 Å². The van der Waals surface area contributed by atoms with Crippen molar-refractivity contribution in [1.29, 1.82) is 0 Å². The van der Waals surface area contributed by atoms with Crippen LogP contribution in [0, 0.1) is 10.1 Å². The molecule has 0 aliphatic heterocycles. The lowest BCUT2D eigenvalue weighted by Crippen LogP contribution is -2.24. The van der Waals surface area contributed by atoms with Gasteiger partial charge in [-0.1, -0.05) is 48.5 Å². The van der Waals surface area contributed by atoms with E-state index in [1.807, 2.05) is 43.3 Å². The summed E-state index contributed by atoms with van der Waals surface area (Å²) >= 11 is 0. The highest BCUT2D eigenvalue weighted by Crippen LogP contribution is 2.25. The van der Waals surface area contributed by atoms with E-state index in [0.29, 0.717) is 0 Å². The summed E-state index contributed by atoms with van der Waals surface area (Å²) in [4.78, 5) is 22.0. The number of hydrogen-bond donors (Lipinski definition) is 1. The van der Waals surface area contributed by atoms with Gasteiger partial charge in [-0.3, -0.25) is 14.9 Å². The Morgan fingerprint density at radius 2 is 1.88 bits per heavy atom. The Kier molecular flexibility index (Phi) is 6.41. The van der Waals surface area contributed by atoms with Crippen LogP contribution in [0.3, 0.4) is 0 Å². The van der Waals surface area contributed by atoms with Crippen LogP contribution in [0.1, 0.15) is 12.5 Å². The van der Waals surface area contributed by atoms with E-state index in [9.17, 15) is 14.9 Å². The normalized spacial score (nSPS) is 11.3. The maximum Gasteiger partial charge on any atom is 0.310 e. The van der Waals surface area contributed by atoms with Crippen LogP contribution >= 0.6 is 0 Å². The maximum absolute atomic E-state index is 11.7. The molecule has 0 fully saturated rings. The molecule has 0 atom stereocenters. The molecular weight excluding hydrogens is 322 g/mol. The molecule has 0 bridgehead atoms. The molecule has 0 heterocycles. The molecule has 0 radical (unpaired) electrons. The van der Waals surface area contributed by atoms with Gasteiger partial charge < -0.3 is 4.74 Å². The van der Waals surface area contributed by atoms with Gasteiger partial charge in [0.15, 0.2) is 12.4 Å². The quantitative estimate of drug-likeness (QED) is 0.476. The van der Waals surface area contributed by atoms with E-state index in [-0.39, 0.29) is 18.0 Å². The molecule has 25 heavy (non-hydrogen) atoms. The first-order valence-electron chi connectivity index (χ1n) is 7.48. The van der Waals surface area contributed by atoms with Gasteiger partial charge in [0, 0.05) is 6.07 Å². The molecule has 0 aliphatic carbocycles. The zero-order valence-corrected chi connectivity index (χ0v) is 13.6. The van der Waals surface area contributed by atoms with E-state index in [0.717, 1.165) is 11.1 Å². The molecule has 2 rings (SSSR count). The second-order valence-electron chi connectivity index (χ2n) is 5.11.